The first-order valence-electron chi connectivity index (χ1n) is 7.77. The van der Waals surface area contributed by atoms with Crippen LogP contribution in [0.1, 0.15) is 25.0 Å². The molecule has 0 bridgehead atoms. The van der Waals surface area contributed by atoms with Crippen molar-refractivity contribution in [3.05, 3.63) is 47.6 Å². The van der Waals surface area contributed by atoms with Crippen LogP contribution < -0.4 is 10.1 Å². The lowest BCUT2D eigenvalue weighted by Crippen LogP contribution is -2.30. The molecule has 0 aliphatic rings. The Kier molecular flexibility index (Phi) is 7.94. The van der Waals surface area contributed by atoms with E-state index in [1.54, 1.807) is 24.3 Å². The van der Waals surface area contributed by atoms with Gasteiger partial charge in [-0.3, -0.25) is 4.79 Å². The van der Waals surface area contributed by atoms with Crippen molar-refractivity contribution in [2.45, 2.75) is 26.3 Å². The molecule has 0 aliphatic carbocycles. The van der Waals surface area contributed by atoms with E-state index in [0.717, 1.165) is 5.56 Å². The quantitative estimate of drug-likeness (QED) is 0.339. The Morgan fingerprint density at radius 3 is 2.68 bits per heavy atom. The van der Waals surface area contributed by atoms with E-state index in [1.165, 1.54) is 13.2 Å². The zero-order valence-electron chi connectivity index (χ0n) is 14.7. The van der Waals surface area contributed by atoms with Crippen LogP contribution in [0.3, 0.4) is 0 Å². The van der Waals surface area contributed by atoms with Crippen LogP contribution in [0, 0.1) is 11.3 Å². The van der Waals surface area contributed by atoms with Crippen molar-refractivity contribution in [3.8, 4) is 11.8 Å². The van der Waals surface area contributed by atoms with Gasteiger partial charge in [0, 0.05) is 6.04 Å². The summed E-state index contributed by atoms with van der Waals surface area (Å²) in [5, 5.41) is 11.9. The van der Waals surface area contributed by atoms with Gasteiger partial charge in [0.15, 0.2) is 6.61 Å². The molecule has 0 heterocycles. The minimum atomic E-state index is -0.481. The number of nitriles is 1. The summed E-state index contributed by atoms with van der Waals surface area (Å²) in [6, 6.07) is 7.02. The highest BCUT2D eigenvalue weighted by Gasteiger charge is 2.11. The van der Waals surface area contributed by atoms with Crippen molar-refractivity contribution >= 4 is 18.0 Å². The second-order valence-electron chi connectivity index (χ2n) is 5.52. The van der Waals surface area contributed by atoms with Crippen LogP contribution in [0.4, 0.5) is 0 Å². The summed E-state index contributed by atoms with van der Waals surface area (Å²) < 4.78 is 9.99. The average molecular weight is 342 g/mol. The maximum absolute atomic E-state index is 12.0. The molecule has 1 rings (SSSR count). The van der Waals surface area contributed by atoms with Gasteiger partial charge in [-0.1, -0.05) is 12.1 Å². The van der Waals surface area contributed by atoms with Crippen LogP contribution in [0.5, 0.6) is 5.75 Å². The number of nitrogens with one attached hydrogen (secondary N) is 1. The molecule has 1 aromatic carbocycles. The maximum atomic E-state index is 12.0. The number of allylic oxidation sites excluding steroid dienone is 1. The van der Waals surface area contributed by atoms with Gasteiger partial charge in [-0.2, -0.15) is 5.26 Å². The number of nitrogens with zero attached hydrogens (tertiary/aromatic N) is 1. The zero-order valence-corrected chi connectivity index (χ0v) is 14.7. The fourth-order valence-electron chi connectivity index (χ4n) is 2.00. The van der Waals surface area contributed by atoms with Gasteiger partial charge in [-0.05, 0) is 49.6 Å². The molecule has 0 aromatic heterocycles. The van der Waals surface area contributed by atoms with Gasteiger partial charge in [0.1, 0.15) is 17.4 Å². The summed E-state index contributed by atoms with van der Waals surface area (Å²) >= 11 is 0. The second-order valence-corrected chi connectivity index (χ2v) is 5.52. The minimum absolute atomic E-state index is 0.0153. The molecule has 0 unspecified atom stereocenters. The molecule has 0 saturated carbocycles. The standard InChI is InChI=1S/C19H22N2O4/c1-5-6-15-9-14(7-8-17(15)25-12-18(22)24-4)10-16(11-20)19(23)21-13(2)3/h5,7-10,13H,1,6,12H2,2-4H3,(H,21,23)/b16-10-. The summed E-state index contributed by atoms with van der Waals surface area (Å²) in [5.41, 5.74) is 1.48. The van der Waals surface area contributed by atoms with Gasteiger partial charge in [-0.25, -0.2) is 4.79 Å². The lowest BCUT2D eigenvalue weighted by molar-refractivity contribution is -0.142. The Labute approximate surface area is 147 Å². The van der Waals surface area contributed by atoms with E-state index in [-0.39, 0.29) is 18.2 Å². The van der Waals surface area contributed by atoms with Gasteiger partial charge in [0.05, 0.1) is 7.11 Å². The molecular weight excluding hydrogens is 320 g/mol. The number of benzene rings is 1. The number of amides is 1. The van der Waals surface area contributed by atoms with E-state index in [4.69, 9.17) is 4.74 Å². The van der Waals surface area contributed by atoms with Gasteiger partial charge in [-0.15, -0.1) is 6.58 Å². The molecule has 25 heavy (non-hydrogen) atoms. The Bertz CT molecular complexity index is 715. The van der Waals surface area contributed by atoms with Gasteiger partial charge in [0.2, 0.25) is 0 Å². The molecule has 1 aromatic rings. The van der Waals surface area contributed by atoms with Crippen LogP contribution in [-0.2, 0) is 20.7 Å². The fourth-order valence-corrected chi connectivity index (χ4v) is 2.00. The van der Waals surface area contributed by atoms with E-state index in [2.05, 4.69) is 16.6 Å². The summed E-state index contributed by atoms with van der Waals surface area (Å²) in [7, 11) is 1.29. The maximum Gasteiger partial charge on any atom is 0.343 e. The van der Waals surface area contributed by atoms with Crippen LogP contribution >= 0.6 is 0 Å². The summed E-state index contributed by atoms with van der Waals surface area (Å²) in [4.78, 5) is 23.2. The van der Waals surface area contributed by atoms with E-state index in [0.29, 0.717) is 17.7 Å². The van der Waals surface area contributed by atoms with E-state index in [1.807, 2.05) is 19.9 Å². The van der Waals surface area contributed by atoms with Crippen molar-refractivity contribution < 1.29 is 19.1 Å². The zero-order chi connectivity index (χ0) is 18.8. The first kappa shape index (κ1) is 20.0. The van der Waals surface area contributed by atoms with Crippen molar-refractivity contribution in [1.82, 2.24) is 5.32 Å². The van der Waals surface area contributed by atoms with Crippen molar-refractivity contribution in [2.24, 2.45) is 0 Å². The predicted molar refractivity (Wildman–Crippen MR) is 94.7 cm³/mol. The average Bonchev–Trinajstić information content (AvgIpc) is 2.58. The third-order valence-corrected chi connectivity index (χ3v) is 3.12. The number of rotatable bonds is 8. The number of ether oxygens (including phenoxy) is 2. The monoisotopic (exact) mass is 342 g/mol. The molecule has 6 heteroatoms. The van der Waals surface area contributed by atoms with E-state index < -0.39 is 11.9 Å². The number of carbonyl (C=O) groups is 2. The third kappa shape index (κ3) is 6.51. The smallest absolute Gasteiger partial charge is 0.343 e. The number of hydrogen-bond donors (Lipinski definition) is 1. The Hall–Kier alpha value is -3.07. The summed E-state index contributed by atoms with van der Waals surface area (Å²) in [5.74, 6) is -0.382. The normalized spacial score (nSPS) is 10.8. The van der Waals surface area contributed by atoms with E-state index >= 15 is 0 Å². The highest BCUT2D eigenvalue weighted by Crippen LogP contribution is 2.23. The molecule has 0 saturated heterocycles. The molecule has 0 atom stereocenters. The van der Waals surface area contributed by atoms with Gasteiger partial charge >= 0.3 is 5.97 Å². The molecule has 1 N–H and O–H groups in total. The molecule has 6 nitrogen and oxygen atoms in total. The van der Waals surface area contributed by atoms with Gasteiger partial charge in [0.25, 0.3) is 5.91 Å². The Morgan fingerprint density at radius 1 is 1.40 bits per heavy atom. The number of methoxy groups -OCH3 is 1. The minimum Gasteiger partial charge on any atom is -0.482 e. The highest BCUT2D eigenvalue weighted by molar-refractivity contribution is 6.01. The number of esters is 1. The first-order valence-corrected chi connectivity index (χ1v) is 7.77. The molecule has 0 aliphatic heterocycles. The van der Waals surface area contributed by atoms with Crippen LogP contribution in [0.2, 0.25) is 0 Å². The first-order chi connectivity index (χ1) is 11.9. The van der Waals surface area contributed by atoms with E-state index in [9.17, 15) is 14.9 Å². The molecule has 132 valence electrons. The largest absolute Gasteiger partial charge is 0.482 e. The van der Waals surface area contributed by atoms with Crippen LogP contribution in [-0.4, -0.2) is 31.6 Å². The van der Waals surface area contributed by atoms with Crippen molar-refractivity contribution in [1.29, 1.82) is 5.26 Å². The third-order valence-electron chi connectivity index (χ3n) is 3.12. The second kappa shape index (κ2) is 9.93. The van der Waals surface area contributed by atoms with Crippen LogP contribution in [0.15, 0.2) is 36.4 Å². The van der Waals surface area contributed by atoms with Crippen molar-refractivity contribution in [3.63, 3.8) is 0 Å². The van der Waals surface area contributed by atoms with Crippen LogP contribution in [0.25, 0.3) is 6.08 Å². The Balaban J connectivity index is 3.08. The summed E-state index contributed by atoms with van der Waals surface area (Å²) in [6.07, 6.45) is 3.72. The summed E-state index contributed by atoms with van der Waals surface area (Å²) in [6.45, 7) is 7.14. The lowest BCUT2D eigenvalue weighted by Gasteiger charge is -2.11. The van der Waals surface area contributed by atoms with Gasteiger partial charge < -0.3 is 14.8 Å². The number of hydrogen-bond acceptors (Lipinski definition) is 5. The predicted octanol–water partition coefficient (Wildman–Crippen LogP) is 2.40. The topological polar surface area (TPSA) is 88.4 Å². The van der Waals surface area contributed by atoms with Crippen molar-refractivity contribution in [2.75, 3.05) is 13.7 Å². The molecular formula is C19H22N2O4. The molecule has 0 fully saturated rings. The SMILES string of the molecule is C=CCc1cc(/C=C(/C#N)C(=O)NC(C)C)ccc1OCC(=O)OC. The Morgan fingerprint density at radius 2 is 2.12 bits per heavy atom. The molecule has 1 amide bonds. The lowest BCUT2D eigenvalue weighted by atomic mass is 10.0. The molecule has 0 radical (unpaired) electrons. The molecule has 0 spiro atoms. The fraction of sp³-hybridized carbons (Fsp3) is 0.316. The highest BCUT2D eigenvalue weighted by atomic mass is 16.6. The number of carbonyl (C=O) groups excluding carboxylic acids is 2.